The highest BCUT2D eigenvalue weighted by atomic mass is 32.1. The van der Waals surface area contributed by atoms with E-state index in [-0.39, 0.29) is 24.9 Å². The smallest absolute Gasteiger partial charge is 0.234 e. The molecule has 0 fully saturated rings. The maximum absolute atomic E-state index is 11.0. The molecule has 4 N–H and O–H groups in total. The van der Waals surface area contributed by atoms with E-state index in [1.807, 2.05) is 5.38 Å². The number of hydrogen-bond acceptors (Lipinski definition) is 7. The monoisotopic (exact) mass is 309 g/mol. The van der Waals surface area contributed by atoms with E-state index in [1.54, 1.807) is 10.9 Å². The molecule has 0 saturated heterocycles. The van der Waals surface area contributed by atoms with Crippen molar-refractivity contribution >= 4 is 28.3 Å². The number of amides is 2. The number of nitrogens with two attached hydrogens (primary N) is 1. The number of thiazole rings is 1. The lowest BCUT2D eigenvalue weighted by Crippen LogP contribution is -2.29. The van der Waals surface area contributed by atoms with Crippen LogP contribution in [0.1, 0.15) is 18.3 Å². The molecule has 2 aromatic heterocycles. The minimum absolute atomic E-state index is 0.0567. The molecule has 0 spiro atoms. The van der Waals surface area contributed by atoms with Gasteiger partial charge in [-0.25, -0.2) is 9.67 Å². The van der Waals surface area contributed by atoms with Crippen LogP contribution < -0.4 is 16.4 Å². The molecule has 0 atom stereocenters. The summed E-state index contributed by atoms with van der Waals surface area (Å²) in [6.45, 7) is 2.09. The van der Waals surface area contributed by atoms with Gasteiger partial charge in [-0.3, -0.25) is 9.59 Å². The number of anilines is 1. The zero-order valence-corrected chi connectivity index (χ0v) is 12.2. The molecule has 0 unspecified atom stereocenters. The molecular weight excluding hydrogens is 294 g/mol. The molecule has 0 aromatic carbocycles. The largest absolute Gasteiger partial charge is 0.349 e. The highest BCUT2D eigenvalue weighted by Gasteiger charge is 2.07. The minimum Gasteiger partial charge on any atom is -0.349 e. The molecule has 0 aliphatic carbocycles. The van der Waals surface area contributed by atoms with E-state index in [9.17, 15) is 9.59 Å². The van der Waals surface area contributed by atoms with Gasteiger partial charge in [0, 0.05) is 12.3 Å². The fraction of sp³-hybridized carbons (Fsp3) is 0.364. The third kappa shape index (κ3) is 4.61. The topological polar surface area (TPSA) is 128 Å². The fourth-order valence-electron chi connectivity index (χ4n) is 1.51. The van der Waals surface area contributed by atoms with Gasteiger partial charge in [0.25, 0.3) is 0 Å². The molecule has 0 radical (unpaired) electrons. The summed E-state index contributed by atoms with van der Waals surface area (Å²) in [7, 11) is 0. The van der Waals surface area contributed by atoms with E-state index in [1.165, 1.54) is 18.3 Å². The van der Waals surface area contributed by atoms with Crippen molar-refractivity contribution in [3.05, 3.63) is 23.0 Å². The number of hydrogen-bond donors (Lipinski definition) is 3. The Bertz CT molecular complexity index is 636. The van der Waals surface area contributed by atoms with Crippen LogP contribution in [-0.2, 0) is 22.7 Å². The van der Waals surface area contributed by atoms with Crippen LogP contribution in [-0.4, -0.2) is 38.3 Å². The summed E-state index contributed by atoms with van der Waals surface area (Å²) in [6, 6.07) is 0. The van der Waals surface area contributed by atoms with Gasteiger partial charge in [-0.15, -0.1) is 16.4 Å². The Labute approximate surface area is 124 Å². The first-order valence-electron chi connectivity index (χ1n) is 6.14. The van der Waals surface area contributed by atoms with Crippen molar-refractivity contribution in [2.24, 2.45) is 5.73 Å². The number of nitrogens with one attached hydrogen (secondary N) is 2. The quantitative estimate of drug-likeness (QED) is 0.648. The van der Waals surface area contributed by atoms with Crippen molar-refractivity contribution in [2.45, 2.75) is 20.0 Å². The molecule has 0 saturated carbocycles. The first kappa shape index (κ1) is 15.1. The summed E-state index contributed by atoms with van der Waals surface area (Å²) in [4.78, 5) is 26.2. The molecule has 10 heteroatoms. The summed E-state index contributed by atoms with van der Waals surface area (Å²) in [5.41, 5.74) is 6.59. The van der Waals surface area contributed by atoms with Crippen molar-refractivity contribution in [1.82, 2.24) is 25.3 Å². The molecule has 0 aliphatic rings. The lowest BCUT2D eigenvalue weighted by atomic mass is 10.4. The van der Waals surface area contributed by atoms with Gasteiger partial charge in [-0.2, -0.15) is 0 Å². The van der Waals surface area contributed by atoms with Crippen molar-refractivity contribution in [3.8, 4) is 0 Å². The minimum atomic E-state index is -0.246. The number of aromatic nitrogens is 4. The summed E-state index contributed by atoms with van der Waals surface area (Å²) >= 11 is 1.35. The molecule has 112 valence electrons. The molecule has 0 bridgehead atoms. The molecule has 21 heavy (non-hydrogen) atoms. The number of carbonyl (C=O) groups is 2. The molecular formula is C11H15N7O2S. The van der Waals surface area contributed by atoms with Gasteiger partial charge in [-0.05, 0) is 0 Å². The Morgan fingerprint density at radius 2 is 2.24 bits per heavy atom. The second-order valence-electron chi connectivity index (χ2n) is 4.21. The van der Waals surface area contributed by atoms with Crippen molar-refractivity contribution in [2.75, 3.05) is 11.9 Å². The molecule has 2 heterocycles. The van der Waals surface area contributed by atoms with Crippen LogP contribution >= 0.6 is 11.3 Å². The van der Waals surface area contributed by atoms with E-state index < -0.39 is 0 Å². The predicted molar refractivity (Wildman–Crippen MR) is 76.4 cm³/mol. The summed E-state index contributed by atoms with van der Waals surface area (Å²) in [5, 5.41) is 15.5. The molecule has 2 aromatic rings. The first-order chi connectivity index (χ1) is 10.1. The third-order valence-electron chi connectivity index (χ3n) is 2.40. The number of carbonyl (C=O) groups excluding carboxylic acids is 2. The Balaban J connectivity index is 1.91. The highest BCUT2D eigenvalue weighted by molar-refractivity contribution is 7.13. The van der Waals surface area contributed by atoms with Gasteiger partial charge in [0.15, 0.2) is 5.13 Å². The average Bonchev–Trinajstić information content (AvgIpc) is 3.05. The van der Waals surface area contributed by atoms with E-state index in [4.69, 9.17) is 5.73 Å². The van der Waals surface area contributed by atoms with E-state index in [2.05, 4.69) is 25.9 Å². The average molecular weight is 309 g/mol. The van der Waals surface area contributed by atoms with Crippen LogP contribution in [0.15, 0.2) is 11.6 Å². The maximum Gasteiger partial charge on any atom is 0.234 e. The Hall–Kier alpha value is -2.33. The summed E-state index contributed by atoms with van der Waals surface area (Å²) in [6.07, 6.45) is 1.72. The van der Waals surface area contributed by atoms with Gasteiger partial charge >= 0.3 is 0 Å². The van der Waals surface area contributed by atoms with Crippen LogP contribution in [0.3, 0.4) is 0 Å². The van der Waals surface area contributed by atoms with Crippen LogP contribution in [0, 0.1) is 0 Å². The number of nitrogens with zero attached hydrogens (tertiary/aromatic N) is 4. The molecule has 9 nitrogen and oxygen atoms in total. The number of rotatable bonds is 6. The van der Waals surface area contributed by atoms with Crippen LogP contribution in [0.4, 0.5) is 5.13 Å². The zero-order chi connectivity index (χ0) is 15.2. The van der Waals surface area contributed by atoms with Gasteiger partial charge in [0.2, 0.25) is 11.8 Å². The maximum atomic E-state index is 11.0. The Kier molecular flexibility index (Phi) is 4.95. The normalized spacial score (nSPS) is 10.4. The first-order valence-corrected chi connectivity index (χ1v) is 7.02. The van der Waals surface area contributed by atoms with Gasteiger partial charge < -0.3 is 16.4 Å². The van der Waals surface area contributed by atoms with Crippen molar-refractivity contribution in [1.29, 1.82) is 0 Å². The predicted octanol–water partition coefficient (Wildman–Crippen LogP) is -0.684. The van der Waals surface area contributed by atoms with Crippen molar-refractivity contribution < 1.29 is 9.59 Å². The highest BCUT2D eigenvalue weighted by Crippen LogP contribution is 2.15. The molecule has 0 aliphatic heterocycles. The van der Waals surface area contributed by atoms with E-state index in [0.29, 0.717) is 17.4 Å². The molecule has 2 rings (SSSR count). The van der Waals surface area contributed by atoms with Gasteiger partial charge in [0.05, 0.1) is 31.5 Å². The van der Waals surface area contributed by atoms with Crippen molar-refractivity contribution in [3.63, 3.8) is 0 Å². The Morgan fingerprint density at radius 1 is 1.43 bits per heavy atom. The van der Waals surface area contributed by atoms with E-state index >= 15 is 0 Å². The van der Waals surface area contributed by atoms with Crippen LogP contribution in [0.5, 0.6) is 0 Å². The Morgan fingerprint density at radius 3 is 2.95 bits per heavy atom. The fourth-order valence-corrected chi connectivity index (χ4v) is 2.26. The summed E-state index contributed by atoms with van der Waals surface area (Å²) in [5.74, 6) is -0.404. The van der Waals surface area contributed by atoms with Crippen LogP contribution in [0.2, 0.25) is 0 Å². The lowest BCUT2D eigenvalue weighted by Gasteiger charge is -1.98. The second kappa shape index (κ2) is 6.90. The standard InChI is InChI=1S/C11H15N7O2S/c1-7(19)14-11-15-9(6-21-11)5-18-4-8(16-17-18)3-13-10(20)2-12/h4,6H,2-3,5,12H2,1H3,(H,13,20)(H,14,15,19). The lowest BCUT2D eigenvalue weighted by molar-refractivity contribution is -0.120. The summed E-state index contributed by atoms with van der Waals surface area (Å²) < 4.78 is 1.61. The zero-order valence-electron chi connectivity index (χ0n) is 11.4. The van der Waals surface area contributed by atoms with E-state index in [0.717, 1.165) is 5.69 Å². The van der Waals surface area contributed by atoms with Gasteiger partial charge in [-0.1, -0.05) is 5.21 Å². The second-order valence-corrected chi connectivity index (χ2v) is 5.07. The van der Waals surface area contributed by atoms with Gasteiger partial charge in [0.1, 0.15) is 5.69 Å². The van der Waals surface area contributed by atoms with Crippen LogP contribution in [0.25, 0.3) is 0 Å². The molecule has 2 amide bonds. The SMILES string of the molecule is CC(=O)Nc1nc(Cn2cc(CNC(=O)CN)nn2)cs1. The third-order valence-corrected chi connectivity index (χ3v) is 3.20.